The SMILES string of the molecule is CNC(=O)[C@H]1[C@H](C(=O)NCCc2ccccc2)c2ccccc2C(=O)N1C1CCCC1. The molecule has 4 rings (SSSR count). The van der Waals surface area contributed by atoms with Crippen LogP contribution >= 0.6 is 0 Å². The van der Waals surface area contributed by atoms with Gasteiger partial charge in [-0.2, -0.15) is 0 Å². The molecule has 2 aromatic carbocycles. The number of carbonyl (C=O) groups is 3. The molecule has 1 fully saturated rings. The molecule has 0 aromatic heterocycles. The zero-order chi connectivity index (χ0) is 21.8. The van der Waals surface area contributed by atoms with E-state index in [1.807, 2.05) is 42.5 Å². The number of hydrogen-bond acceptors (Lipinski definition) is 3. The summed E-state index contributed by atoms with van der Waals surface area (Å²) in [7, 11) is 1.56. The average Bonchev–Trinajstić information content (AvgIpc) is 3.33. The second-order valence-corrected chi connectivity index (χ2v) is 8.30. The van der Waals surface area contributed by atoms with Gasteiger partial charge in [-0.05, 0) is 36.5 Å². The van der Waals surface area contributed by atoms with Gasteiger partial charge in [0.05, 0.1) is 5.92 Å². The molecule has 2 aromatic rings. The Hall–Kier alpha value is -3.15. The largest absolute Gasteiger partial charge is 0.357 e. The Morgan fingerprint density at radius 3 is 2.35 bits per heavy atom. The molecule has 2 aliphatic rings. The molecule has 0 bridgehead atoms. The predicted molar refractivity (Wildman–Crippen MR) is 119 cm³/mol. The van der Waals surface area contributed by atoms with Crippen LogP contribution in [-0.4, -0.2) is 48.3 Å². The van der Waals surface area contributed by atoms with E-state index in [1.165, 1.54) is 0 Å². The first kappa shape index (κ1) is 21.1. The summed E-state index contributed by atoms with van der Waals surface area (Å²) in [6.07, 6.45) is 4.50. The number of amides is 3. The number of nitrogens with one attached hydrogen (secondary N) is 2. The van der Waals surface area contributed by atoms with Gasteiger partial charge in [-0.1, -0.05) is 61.4 Å². The summed E-state index contributed by atoms with van der Waals surface area (Å²) >= 11 is 0. The van der Waals surface area contributed by atoms with Gasteiger partial charge in [0.1, 0.15) is 6.04 Å². The summed E-state index contributed by atoms with van der Waals surface area (Å²) in [4.78, 5) is 41.5. The van der Waals surface area contributed by atoms with Crippen LogP contribution < -0.4 is 10.6 Å². The van der Waals surface area contributed by atoms with Crippen molar-refractivity contribution in [3.8, 4) is 0 Å². The third kappa shape index (κ3) is 4.20. The van der Waals surface area contributed by atoms with Gasteiger partial charge in [0.15, 0.2) is 0 Å². The minimum absolute atomic E-state index is 0.0113. The van der Waals surface area contributed by atoms with Gasteiger partial charge in [-0.25, -0.2) is 0 Å². The van der Waals surface area contributed by atoms with Crippen LogP contribution in [0.1, 0.15) is 53.1 Å². The smallest absolute Gasteiger partial charge is 0.255 e. The zero-order valence-corrected chi connectivity index (χ0v) is 17.8. The Kier molecular flexibility index (Phi) is 6.35. The van der Waals surface area contributed by atoms with E-state index in [9.17, 15) is 14.4 Å². The number of likely N-dealkylation sites (N-methyl/N-ethyl adjacent to an activating group) is 1. The molecule has 31 heavy (non-hydrogen) atoms. The van der Waals surface area contributed by atoms with Crippen LogP contribution in [0.2, 0.25) is 0 Å². The number of nitrogens with zero attached hydrogens (tertiary/aromatic N) is 1. The summed E-state index contributed by atoms with van der Waals surface area (Å²) in [5, 5.41) is 5.71. The van der Waals surface area contributed by atoms with Crippen molar-refractivity contribution in [3.05, 3.63) is 71.3 Å². The van der Waals surface area contributed by atoms with E-state index >= 15 is 0 Å². The summed E-state index contributed by atoms with van der Waals surface area (Å²) in [6.45, 7) is 0.472. The molecule has 3 amide bonds. The average molecular weight is 420 g/mol. The lowest BCUT2D eigenvalue weighted by molar-refractivity contribution is -0.133. The van der Waals surface area contributed by atoms with Gasteiger partial charge >= 0.3 is 0 Å². The van der Waals surface area contributed by atoms with E-state index in [0.29, 0.717) is 24.1 Å². The molecular weight excluding hydrogens is 390 g/mol. The molecule has 1 saturated carbocycles. The van der Waals surface area contributed by atoms with Crippen LogP contribution in [0.15, 0.2) is 54.6 Å². The highest BCUT2D eigenvalue weighted by molar-refractivity contribution is 6.06. The second-order valence-electron chi connectivity index (χ2n) is 8.30. The molecule has 6 nitrogen and oxygen atoms in total. The van der Waals surface area contributed by atoms with Gasteiger partial charge < -0.3 is 15.5 Å². The lowest BCUT2D eigenvalue weighted by atomic mass is 9.80. The van der Waals surface area contributed by atoms with Crippen LogP contribution in [0.25, 0.3) is 0 Å². The van der Waals surface area contributed by atoms with Crippen molar-refractivity contribution >= 4 is 17.7 Å². The molecular formula is C25H29N3O3. The summed E-state index contributed by atoms with van der Waals surface area (Å²) in [6, 6.07) is 16.3. The minimum atomic E-state index is -0.841. The normalized spacial score (nSPS) is 20.9. The van der Waals surface area contributed by atoms with Crippen molar-refractivity contribution < 1.29 is 14.4 Å². The van der Waals surface area contributed by atoms with E-state index in [2.05, 4.69) is 10.6 Å². The molecule has 6 heteroatoms. The summed E-state index contributed by atoms with van der Waals surface area (Å²) < 4.78 is 0. The molecule has 162 valence electrons. The monoisotopic (exact) mass is 419 g/mol. The first-order valence-corrected chi connectivity index (χ1v) is 11.1. The van der Waals surface area contributed by atoms with Crippen LogP contribution in [0.5, 0.6) is 0 Å². The lowest BCUT2D eigenvalue weighted by Crippen LogP contribution is -2.60. The number of carbonyl (C=O) groups excluding carboxylic acids is 3. The van der Waals surface area contributed by atoms with Crippen LogP contribution in [0.4, 0.5) is 0 Å². The standard InChI is InChI=1S/C25H29N3O3/c1-26-24(30)22-21(23(29)27-16-15-17-9-3-2-4-10-17)19-13-7-8-14-20(19)25(31)28(22)18-11-5-6-12-18/h2-4,7-10,13-14,18,21-22H,5-6,11-12,15-16H2,1H3,(H,26,30)(H,27,29)/t21-,22-/m1/s1. The fourth-order valence-corrected chi connectivity index (χ4v) is 4.93. The summed E-state index contributed by atoms with van der Waals surface area (Å²) in [5.74, 6) is -1.39. The zero-order valence-electron chi connectivity index (χ0n) is 17.8. The fraction of sp³-hybridized carbons (Fsp3) is 0.400. The first-order valence-electron chi connectivity index (χ1n) is 11.1. The molecule has 2 atom stereocenters. The van der Waals surface area contributed by atoms with Crippen molar-refractivity contribution in [2.24, 2.45) is 0 Å². The highest BCUT2D eigenvalue weighted by atomic mass is 16.2. The van der Waals surface area contributed by atoms with E-state index < -0.39 is 12.0 Å². The second kappa shape index (κ2) is 9.33. The molecule has 0 saturated heterocycles. The van der Waals surface area contributed by atoms with Crippen molar-refractivity contribution in [1.29, 1.82) is 0 Å². The molecule has 1 heterocycles. The molecule has 1 aliphatic heterocycles. The summed E-state index contributed by atoms with van der Waals surface area (Å²) in [5.41, 5.74) is 2.29. The number of rotatable bonds is 6. The maximum absolute atomic E-state index is 13.4. The highest BCUT2D eigenvalue weighted by Gasteiger charge is 2.49. The number of fused-ring (bicyclic) bond motifs is 1. The molecule has 1 aliphatic carbocycles. The third-order valence-corrected chi connectivity index (χ3v) is 6.45. The topological polar surface area (TPSA) is 78.5 Å². The van der Waals surface area contributed by atoms with Crippen molar-refractivity contribution in [2.45, 2.75) is 50.1 Å². The van der Waals surface area contributed by atoms with Crippen molar-refractivity contribution in [3.63, 3.8) is 0 Å². The number of benzene rings is 2. The van der Waals surface area contributed by atoms with Gasteiger partial charge in [0, 0.05) is 25.2 Å². The van der Waals surface area contributed by atoms with E-state index in [0.717, 1.165) is 31.2 Å². The molecule has 0 radical (unpaired) electrons. The Balaban J connectivity index is 1.64. The third-order valence-electron chi connectivity index (χ3n) is 6.45. The first-order chi connectivity index (χ1) is 15.1. The van der Waals surface area contributed by atoms with Crippen LogP contribution in [0, 0.1) is 0 Å². The maximum atomic E-state index is 13.4. The lowest BCUT2D eigenvalue weighted by Gasteiger charge is -2.43. The molecule has 0 unspecified atom stereocenters. The predicted octanol–water partition coefficient (Wildman–Crippen LogP) is 2.64. The Labute approximate surface area is 183 Å². The molecule has 2 N–H and O–H groups in total. The Bertz CT molecular complexity index is 953. The van der Waals surface area contributed by atoms with Gasteiger partial charge in [-0.3, -0.25) is 14.4 Å². The Morgan fingerprint density at radius 2 is 1.65 bits per heavy atom. The highest BCUT2D eigenvalue weighted by Crippen LogP contribution is 2.38. The van der Waals surface area contributed by atoms with Crippen molar-refractivity contribution in [1.82, 2.24) is 15.5 Å². The number of hydrogen-bond donors (Lipinski definition) is 2. The van der Waals surface area contributed by atoms with Crippen molar-refractivity contribution in [2.75, 3.05) is 13.6 Å². The van der Waals surface area contributed by atoms with Crippen LogP contribution in [0.3, 0.4) is 0 Å². The minimum Gasteiger partial charge on any atom is -0.357 e. The van der Waals surface area contributed by atoms with Crippen LogP contribution in [-0.2, 0) is 16.0 Å². The van der Waals surface area contributed by atoms with Gasteiger partial charge in [-0.15, -0.1) is 0 Å². The van der Waals surface area contributed by atoms with E-state index in [4.69, 9.17) is 0 Å². The fourth-order valence-electron chi connectivity index (χ4n) is 4.93. The Morgan fingerprint density at radius 1 is 0.968 bits per heavy atom. The quantitative estimate of drug-likeness (QED) is 0.756. The molecule has 0 spiro atoms. The van der Waals surface area contributed by atoms with E-state index in [1.54, 1.807) is 24.1 Å². The maximum Gasteiger partial charge on any atom is 0.255 e. The van der Waals surface area contributed by atoms with Gasteiger partial charge in [0.25, 0.3) is 5.91 Å². The van der Waals surface area contributed by atoms with Gasteiger partial charge in [0.2, 0.25) is 11.8 Å². The van der Waals surface area contributed by atoms with E-state index in [-0.39, 0.29) is 23.8 Å².